The highest BCUT2D eigenvalue weighted by molar-refractivity contribution is 5.76. The predicted octanol–water partition coefficient (Wildman–Crippen LogP) is 3.95. The van der Waals surface area contributed by atoms with Crippen molar-refractivity contribution in [2.45, 2.75) is 72.1 Å². The van der Waals surface area contributed by atoms with Gasteiger partial charge in [0.2, 0.25) is 0 Å². The third-order valence-electron chi connectivity index (χ3n) is 6.59. The van der Waals surface area contributed by atoms with Gasteiger partial charge in [0.1, 0.15) is 12.1 Å². The number of methoxy groups -OCH3 is 2. The zero-order valence-electron chi connectivity index (χ0n) is 22.7. The Hall–Kier alpha value is -1.79. The molecule has 4 atom stereocenters. The molecule has 1 aromatic rings. The van der Waals surface area contributed by atoms with Gasteiger partial charge in [-0.1, -0.05) is 34.6 Å². The van der Waals surface area contributed by atoms with Gasteiger partial charge in [-0.2, -0.15) is 0 Å². The van der Waals surface area contributed by atoms with E-state index in [-0.39, 0.29) is 41.1 Å². The lowest BCUT2D eigenvalue weighted by Gasteiger charge is -2.48. The number of ether oxygens (including phenoxy) is 3. The summed E-state index contributed by atoms with van der Waals surface area (Å²) in [6.07, 6.45) is 2.14. The summed E-state index contributed by atoms with van der Waals surface area (Å²) in [5.74, 6) is 0.486. The second-order valence-corrected chi connectivity index (χ2v) is 10.6. The van der Waals surface area contributed by atoms with Crippen molar-refractivity contribution in [1.82, 2.24) is 4.90 Å². The molecule has 2 aliphatic heterocycles. The van der Waals surface area contributed by atoms with Crippen LogP contribution in [0, 0.1) is 17.3 Å². The number of nitrogens with two attached hydrogens (primary N) is 1. The Balaban J connectivity index is 1.92. The number of fused-ring (bicyclic) bond motifs is 3. The van der Waals surface area contributed by atoms with E-state index < -0.39 is 13.1 Å². The third-order valence-corrected chi connectivity index (χ3v) is 6.59. The lowest BCUT2D eigenvalue weighted by molar-refractivity contribution is -0.160. The summed E-state index contributed by atoms with van der Waals surface area (Å²) in [7, 11) is -1.05. The fourth-order valence-corrected chi connectivity index (χ4v) is 4.95. The maximum absolute atomic E-state index is 12.8. The maximum Gasteiger partial charge on any atom is 0.323 e. The van der Waals surface area contributed by atoms with Gasteiger partial charge in [0.05, 0.1) is 18.3 Å². The number of piperidine rings is 1. The van der Waals surface area contributed by atoms with Gasteiger partial charge in [-0.25, -0.2) is 0 Å². The molecule has 2 heterocycles. The molecule has 0 aromatic heterocycles. The smallest absolute Gasteiger partial charge is 0.323 e. The van der Waals surface area contributed by atoms with Crippen molar-refractivity contribution in [2.24, 2.45) is 23.0 Å². The second-order valence-electron chi connectivity index (χ2n) is 10.6. The van der Waals surface area contributed by atoms with Gasteiger partial charge >= 0.3 is 5.97 Å². The minimum Gasteiger partial charge on any atom is -0.493 e. The van der Waals surface area contributed by atoms with E-state index in [9.17, 15) is 4.79 Å². The summed E-state index contributed by atoms with van der Waals surface area (Å²) in [6.45, 7) is 12.1. The van der Waals surface area contributed by atoms with Crippen molar-refractivity contribution in [2.75, 3.05) is 27.2 Å². The lowest BCUT2D eigenvalue weighted by Crippen LogP contribution is -2.51. The van der Waals surface area contributed by atoms with Crippen LogP contribution in [0.25, 0.3) is 0 Å². The molecular formula is C25H40N2O4. The Morgan fingerprint density at radius 2 is 2.00 bits per heavy atom. The lowest BCUT2D eigenvalue weighted by atomic mass is 9.75. The number of esters is 1. The summed E-state index contributed by atoms with van der Waals surface area (Å²) in [5, 5.41) is 0. The van der Waals surface area contributed by atoms with Gasteiger partial charge in [-0.15, -0.1) is 0 Å². The minimum atomic E-state index is -2.55. The molecule has 0 unspecified atom stereocenters. The number of benzene rings is 1. The van der Waals surface area contributed by atoms with Crippen LogP contribution in [-0.4, -0.2) is 50.3 Å². The average Bonchev–Trinajstić information content (AvgIpc) is 2.70. The quantitative estimate of drug-likeness (QED) is 0.682. The summed E-state index contributed by atoms with van der Waals surface area (Å²) in [4.78, 5) is 15.3. The van der Waals surface area contributed by atoms with Crippen LogP contribution in [0.3, 0.4) is 0 Å². The van der Waals surface area contributed by atoms with Gasteiger partial charge in [0, 0.05) is 31.5 Å². The van der Waals surface area contributed by atoms with Gasteiger partial charge < -0.3 is 19.9 Å². The van der Waals surface area contributed by atoms with Gasteiger partial charge in [-0.05, 0) is 47.4 Å². The van der Waals surface area contributed by atoms with Crippen molar-refractivity contribution in [3.63, 3.8) is 0 Å². The first-order chi connectivity index (χ1) is 15.7. The Morgan fingerprint density at radius 3 is 2.61 bits per heavy atom. The topological polar surface area (TPSA) is 74.0 Å². The molecule has 0 saturated carbocycles. The standard InChI is InChI=1S/C25H40N2O4/c1-15(2)23(26)24(28)31-20-12-19-18-11-22(30-7)21(29-6)10-16(18)8-9-27(19)14-17(20)13-25(3,4)5/h10-11,15,17,19-20,23H,8-9,12-14,26H2,1-7H3/t17-,19-,20-,23+/m1/s1/i6D3. The van der Waals surface area contributed by atoms with Crippen molar-refractivity contribution >= 4 is 5.97 Å². The number of nitrogens with zero attached hydrogens (tertiary/aromatic N) is 1. The van der Waals surface area contributed by atoms with Crippen LogP contribution in [0.15, 0.2) is 12.1 Å². The Labute approximate surface area is 191 Å². The van der Waals surface area contributed by atoms with Crippen molar-refractivity contribution in [3.8, 4) is 11.5 Å². The van der Waals surface area contributed by atoms with Crippen molar-refractivity contribution in [3.05, 3.63) is 23.3 Å². The Bertz CT molecular complexity index is 882. The normalized spacial score (nSPS) is 26.7. The summed E-state index contributed by atoms with van der Waals surface area (Å²) < 4.78 is 39.1. The van der Waals surface area contributed by atoms with Crippen LogP contribution in [0.4, 0.5) is 0 Å². The molecule has 0 spiro atoms. The molecule has 31 heavy (non-hydrogen) atoms. The van der Waals surface area contributed by atoms with Crippen LogP contribution < -0.4 is 15.2 Å². The van der Waals surface area contributed by atoms with E-state index in [0.717, 1.165) is 37.1 Å². The molecule has 0 aliphatic carbocycles. The van der Waals surface area contributed by atoms with Crippen LogP contribution in [-0.2, 0) is 16.0 Å². The summed E-state index contributed by atoms with van der Waals surface area (Å²) in [5.41, 5.74) is 8.31. The number of carbonyl (C=O) groups is 1. The van der Waals surface area contributed by atoms with Crippen LogP contribution in [0.1, 0.15) is 68.7 Å². The van der Waals surface area contributed by atoms with E-state index in [2.05, 4.69) is 25.7 Å². The van der Waals surface area contributed by atoms with E-state index in [0.29, 0.717) is 12.2 Å². The first kappa shape index (κ1) is 19.9. The first-order valence-corrected chi connectivity index (χ1v) is 11.3. The maximum atomic E-state index is 12.8. The average molecular weight is 436 g/mol. The molecule has 0 radical (unpaired) electrons. The summed E-state index contributed by atoms with van der Waals surface area (Å²) >= 11 is 0. The molecule has 1 aromatic carbocycles. The highest BCUT2D eigenvalue weighted by atomic mass is 16.5. The molecule has 0 bridgehead atoms. The predicted molar refractivity (Wildman–Crippen MR) is 122 cm³/mol. The molecule has 6 heteroatoms. The summed E-state index contributed by atoms with van der Waals surface area (Å²) in [6, 6.07) is 3.07. The Kier molecular flexibility index (Phi) is 6.00. The SMILES string of the molecule is [2H]C([2H])([2H])Oc1cc2c(cc1OC)[C@H]1C[C@@H](OC(=O)[C@@H](N)C(C)C)[C@H](CC(C)(C)C)CN1CC2. The van der Waals surface area contributed by atoms with Crippen molar-refractivity contribution in [1.29, 1.82) is 0 Å². The number of carbonyl (C=O) groups excluding carboxylic acids is 1. The molecule has 174 valence electrons. The second kappa shape index (κ2) is 9.37. The van der Waals surface area contributed by atoms with Crippen molar-refractivity contribution < 1.29 is 23.1 Å². The monoisotopic (exact) mass is 435 g/mol. The van der Waals surface area contributed by atoms with Crippen LogP contribution >= 0.6 is 0 Å². The van der Waals surface area contributed by atoms with E-state index in [1.54, 1.807) is 6.07 Å². The van der Waals surface area contributed by atoms with E-state index >= 15 is 0 Å². The zero-order valence-corrected chi connectivity index (χ0v) is 19.7. The number of hydrogen-bond donors (Lipinski definition) is 1. The molecular weight excluding hydrogens is 392 g/mol. The largest absolute Gasteiger partial charge is 0.493 e. The number of rotatable bonds is 6. The minimum absolute atomic E-state index is 0.00460. The number of hydrogen-bond acceptors (Lipinski definition) is 6. The van der Waals surface area contributed by atoms with Gasteiger partial charge in [0.15, 0.2) is 11.5 Å². The molecule has 2 aliphatic rings. The molecule has 3 rings (SSSR count). The zero-order chi connectivity index (χ0) is 25.4. The van der Waals surface area contributed by atoms with Gasteiger partial charge in [0.25, 0.3) is 0 Å². The molecule has 2 N–H and O–H groups in total. The highest BCUT2D eigenvalue weighted by Crippen LogP contribution is 2.45. The molecule has 6 nitrogen and oxygen atoms in total. The molecule has 1 saturated heterocycles. The van der Waals surface area contributed by atoms with Crippen LogP contribution in [0.2, 0.25) is 0 Å². The fraction of sp³-hybridized carbons (Fsp3) is 0.720. The fourth-order valence-electron chi connectivity index (χ4n) is 4.95. The van der Waals surface area contributed by atoms with E-state index in [1.807, 2.05) is 19.9 Å². The van der Waals surface area contributed by atoms with E-state index in [4.69, 9.17) is 24.1 Å². The highest BCUT2D eigenvalue weighted by Gasteiger charge is 2.42. The first-order valence-electron chi connectivity index (χ1n) is 12.8. The van der Waals surface area contributed by atoms with E-state index in [1.165, 1.54) is 7.11 Å². The molecule has 1 fully saturated rings. The van der Waals surface area contributed by atoms with Gasteiger partial charge in [-0.3, -0.25) is 9.69 Å². The van der Waals surface area contributed by atoms with Crippen LogP contribution in [0.5, 0.6) is 11.5 Å². The molecule has 0 amide bonds. The third kappa shape index (κ3) is 5.35. The Morgan fingerprint density at radius 1 is 1.29 bits per heavy atom.